The highest BCUT2D eigenvalue weighted by atomic mass is 16.3. The third kappa shape index (κ3) is 2.55. The van der Waals surface area contributed by atoms with Crippen LogP contribution in [0.1, 0.15) is 45.1 Å². The SMILES string of the molecule is CC(C)N/N=C(\c1c([B]O)cnc2[nH]ccc12)C1C2CC3CC1C(O)(C3)C2. The number of aromatic amines is 1. The third-order valence-electron chi connectivity index (χ3n) is 6.88. The number of H-pyrrole nitrogens is 1. The fourth-order valence-corrected chi connectivity index (χ4v) is 6.09. The molecule has 141 valence electrons. The second-order valence-electron chi connectivity index (χ2n) is 8.98. The van der Waals surface area contributed by atoms with E-state index in [9.17, 15) is 10.1 Å². The lowest BCUT2D eigenvalue weighted by atomic mass is 9.70. The van der Waals surface area contributed by atoms with Gasteiger partial charge in [-0.15, -0.1) is 0 Å². The second-order valence-corrected chi connectivity index (χ2v) is 8.98. The Balaban J connectivity index is 1.68. The minimum absolute atomic E-state index is 0.208. The van der Waals surface area contributed by atoms with Gasteiger partial charge in [0, 0.05) is 35.3 Å². The largest absolute Gasteiger partial charge is 0.450 e. The van der Waals surface area contributed by atoms with Gasteiger partial charge in [-0.2, -0.15) is 5.10 Å². The van der Waals surface area contributed by atoms with Gasteiger partial charge in [0.2, 0.25) is 0 Å². The minimum Gasteiger partial charge on any atom is -0.450 e. The number of nitrogens with one attached hydrogen (secondary N) is 2. The first kappa shape index (κ1) is 17.3. The molecule has 2 aromatic heterocycles. The smallest absolute Gasteiger partial charge is 0.329 e. The van der Waals surface area contributed by atoms with Crippen LogP contribution < -0.4 is 10.9 Å². The molecule has 6 rings (SSSR count). The summed E-state index contributed by atoms with van der Waals surface area (Å²) in [6.45, 7) is 4.14. The summed E-state index contributed by atoms with van der Waals surface area (Å²) in [5.41, 5.74) is 6.06. The van der Waals surface area contributed by atoms with Gasteiger partial charge in [0.05, 0.1) is 11.3 Å². The molecular formula is C20H26BN4O2. The van der Waals surface area contributed by atoms with Gasteiger partial charge >= 0.3 is 7.48 Å². The average molecular weight is 365 g/mol. The summed E-state index contributed by atoms with van der Waals surface area (Å²) in [5, 5.41) is 26.9. The molecular weight excluding hydrogens is 339 g/mol. The number of aromatic nitrogens is 2. The van der Waals surface area contributed by atoms with E-state index in [0.717, 1.165) is 49.1 Å². The lowest BCUT2D eigenvalue weighted by Crippen LogP contribution is -2.37. The van der Waals surface area contributed by atoms with Gasteiger partial charge in [0.15, 0.2) is 0 Å². The summed E-state index contributed by atoms with van der Waals surface area (Å²) in [7, 11) is 1.12. The number of rotatable bonds is 5. The van der Waals surface area contributed by atoms with Gasteiger partial charge in [-0.05, 0) is 68.8 Å². The van der Waals surface area contributed by atoms with Crippen LogP contribution in [0.4, 0.5) is 0 Å². The molecule has 0 aromatic carbocycles. The highest BCUT2D eigenvalue weighted by Gasteiger charge is 2.63. The lowest BCUT2D eigenvalue weighted by molar-refractivity contribution is 0.00919. The highest BCUT2D eigenvalue weighted by molar-refractivity contribution is 6.49. The predicted molar refractivity (Wildman–Crippen MR) is 106 cm³/mol. The zero-order valence-corrected chi connectivity index (χ0v) is 15.8. The van der Waals surface area contributed by atoms with Crippen LogP contribution in [-0.4, -0.2) is 44.9 Å². The number of aliphatic hydroxyl groups is 1. The fraction of sp³-hybridized carbons (Fsp3) is 0.600. The molecule has 1 radical (unpaired) electrons. The summed E-state index contributed by atoms with van der Waals surface area (Å²) in [5.74, 6) is 1.57. The summed E-state index contributed by atoms with van der Waals surface area (Å²) in [6, 6.07) is 2.21. The molecule has 5 unspecified atom stereocenters. The molecule has 4 N–H and O–H groups in total. The van der Waals surface area contributed by atoms with Crippen molar-refractivity contribution in [1.29, 1.82) is 0 Å². The number of pyridine rings is 1. The van der Waals surface area contributed by atoms with Crippen molar-refractivity contribution in [3.05, 3.63) is 24.0 Å². The Bertz CT molecular complexity index is 911. The molecule has 6 nitrogen and oxygen atoms in total. The molecule has 4 bridgehead atoms. The van der Waals surface area contributed by atoms with Crippen LogP contribution in [-0.2, 0) is 0 Å². The molecule has 7 heteroatoms. The molecule has 0 aliphatic heterocycles. The van der Waals surface area contributed by atoms with Crippen LogP contribution in [0.25, 0.3) is 11.0 Å². The molecule has 0 amide bonds. The first-order valence-corrected chi connectivity index (χ1v) is 9.99. The fourth-order valence-electron chi connectivity index (χ4n) is 6.09. The molecule has 4 fully saturated rings. The van der Waals surface area contributed by atoms with Crippen LogP contribution >= 0.6 is 0 Å². The Kier molecular flexibility index (Phi) is 3.88. The van der Waals surface area contributed by atoms with Crippen molar-refractivity contribution in [1.82, 2.24) is 15.4 Å². The van der Waals surface area contributed by atoms with Crippen molar-refractivity contribution >= 4 is 29.7 Å². The Hall–Kier alpha value is -1.86. The topological polar surface area (TPSA) is 93.5 Å². The minimum atomic E-state index is -0.537. The van der Waals surface area contributed by atoms with Gasteiger partial charge in [0.1, 0.15) is 5.65 Å². The molecule has 4 aliphatic rings. The highest BCUT2D eigenvalue weighted by Crippen LogP contribution is 2.63. The van der Waals surface area contributed by atoms with Crippen LogP contribution in [0.2, 0.25) is 0 Å². The summed E-state index contributed by atoms with van der Waals surface area (Å²) in [4.78, 5) is 7.58. The number of hydrogen-bond acceptors (Lipinski definition) is 5. The molecule has 0 spiro atoms. The van der Waals surface area contributed by atoms with E-state index in [2.05, 4.69) is 29.2 Å². The zero-order chi connectivity index (χ0) is 18.8. The van der Waals surface area contributed by atoms with Gasteiger partial charge < -0.3 is 20.5 Å². The van der Waals surface area contributed by atoms with E-state index >= 15 is 0 Å². The van der Waals surface area contributed by atoms with Crippen LogP contribution in [0.3, 0.4) is 0 Å². The van der Waals surface area contributed by atoms with Crippen molar-refractivity contribution < 1.29 is 10.1 Å². The second kappa shape index (κ2) is 6.07. The predicted octanol–water partition coefficient (Wildman–Crippen LogP) is 1.30. The number of hydrazone groups is 1. The van der Waals surface area contributed by atoms with Crippen molar-refractivity contribution in [2.24, 2.45) is 28.8 Å². The average Bonchev–Trinajstić information content (AvgIpc) is 3.24. The third-order valence-corrected chi connectivity index (χ3v) is 6.88. The Morgan fingerprint density at radius 1 is 1.41 bits per heavy atom. The molecule has 2 aromatic rings. The number of fused-ring (bicyclic) bond motifs is 1. The summed E-state index contributed by atoms with van der Waals surface area (Å²) < 4.78 is 0. The standard InChI is InChI=1S/C20H26BN4O2/c1-10(2)24-25-18(16-12-5-11-6-14(16)20(26,7-11)8-12)17-13-3-4-22-19(13)23-9-15(17)21-27/h3-4,9-12,14,16,24,26-27H,5-8H2,1-2H3,(H,22,23)/b25-18-. The number of nitrogens with zero attached hydrogens (tertiary/aromatic N) is 2. The van der Waals surface area contributed by atoms with Crippen molar-refractivity contribution in [3.63, 3.8) is 0 Å². The van der Waals surface area contributed by atoms with Crippen molar-refractivity contribution in [2.45, 2.75) is 51.2 Å². The van der Waals surface area contributed by atoms with Crippen molar-refractivity contribution in [2.75, 3.05) is 0 Å². The maximum Gasteiger partial charge on any atom is 0.329 e. The van der Waals surface area contributed by atoms with E-state index in [1.165, 1.54) is 6.42 Å². The molecule has 4 aliphatic carbocycles. The van der Waals surface area contributed by atoms with E-state index in [-0.39, 0.29) is 17.9 Å². The molecule has 5 atom stereocenters. The quantitative estimate of drug-likeness (QED) is 0.365. The van der Waals surface area contributed by atoms with Crippen molar-refractivity contribution in [3.8, 4) is 0 Å². The van der Waals surface area contributed by atoms with E-state index in [4.69, 9.17) is 5.10 Å². The maximum absolute atomic E-state index is 11.2. The van der Waals surface area contributed by atoms with E-state index in [1.807, 2.05) is 12.3 Å². The van der Waals surface area contributed by atoms with Crippen LogP contribution in [0, 0.1) is 23.7 Å². The molecule has 4 saturated carbocycles. The molecule has 0 saturated heterocycles. The van der Waals surface area contributed by atoms with E-state index in [1.54, 1.807) is 6.20 Å². The van der Waals surface area contributed by atoms with E-state index < -0.39 is 5.60 Å². The molecule has 2 heterocycles. The maximum atomic E-state index is 11.2. The lowest BCUT2D eigenvalue weighted by Gasteiger charge is -2.33. The molecule has 27 heavy (non-hydrogen) atoms. The Morgan fingerprint density at radius 2 is 2.26 bits per heavy atom. The Morgan fingerprint density at radius 3 is 3.00 bits per heavy atom. The summed E-state index contributed by atoms with van der Waals surface area (Å²) >= 11 is 0. The normalized spacial score (nSPS) is 34.8. The van der Waals surface area contributed by atoms with Gasteiger partial charge in [-0.25, -0.2) is 4.98 Å². The van der Waals surface area contributed by atoms with E-state index in [0.29, 0.717) is 17.3 Å². The van der Waals surface area contributed by atoms with Gasteiger partial charge in [-0.1, -0.05) is 0 Å². The first-order chi connectivity index (χ1) is 13.0. The summed E-state index contributed by atoms with van der Waals surface area (Å²) in [6.07, 6.45) is 7.62. The number of hydrogen-bond donors (Lipinski definition) is 4. The van der Waals surface area contributed by atoms with Gasteiger partial charge in [-0.3, -0.25) is 0 Å². The zero-order valence-electron chi connectivity index (χ0n) is 15.8. The first-order valence-electron chi connectivity index (χ1n) is 9.99. The van der Waals surface area contributed by atoms with Crippen LogP contribution in [0.5, 0.6) is 0 Å². The monoisotopic (exact) mass is 365 g/mol. The van der Waals surface area contributed by atoms with Gasteiger partial charge in [0.25, 0.3) is 0 Å². The Labute approximate surface area is 159 Å². The van der Waals surface area contributed by atoms with Crippen LogP contribution in [0.15, 0.2) is 23.6 Å².